The maximum absolute atomic E-state index is 13.2. The molecule has 8 nitrogen and oxygen atoms in total. The molecule has 0 spiro atoms. The minimum absolute atomic E-state index is 0.0271. The molecule has 38 heavy (non-hydrogen) atoms. The van der Waals surface area contributed by atoms with Gasteiger partial charge >= 0.3 is 0 Å². The fraction of sp³-hybridized carbons (Fsp3) is 0.250. The van der Waals surface area contributed by atoms with E-state index in [1.807, 2.05) is 60.7 Å². The fourth-order valence-corrected chi connectivity index (χ4v) is 4.59. The van der Waals surface area contributed by atoms with Crippen LogP contribution in [-0.4, -0.2) is 30.4 Å². The van der Waals surface area contributed by atoms with Gasteiger partial charge in [0, 0.05) is 25.4 Å². The Bertz CT molecular complexity index is 1190. The van der Waals surface area contributed by atoms with Gasteiger partial charge in [-0.05, 0) is 41.7 Å². The molecule has 200 valence electrons. The lowest BCUT2D eigenvalue weighted by molar-refractivity contribution is -0.129. The lowest BCUT2D eigenvalue weighted by Gasteiger charge is -2.22. The van der Waals surface area contributed by atoms with Gasteiger partial charge in [0.2, 0.25) is 11.8 Å². The van der Waals surface area contributed by atoms with Crippen LogP contribution in [0.5, 0.6) is 0 Å². The highest BCUT2D eigenvalue weighted by molar-refractivity contribution is 6.38. The molecule has 0 aromatic heterocycles. The number of nitrogens with two attached hydrogens (primary N) is 3. The predicted molar refractivity (Wildman–Crippen MR) is 154 cm³/mol. The van der Waals surface area contributed by atoms with E-state index in [4.69, 9.17) is 40.4 Å². The van der Waals surface area contributed by atoms with Crippen molar-refractivity contribution < 1.29 is 9.59 Å². The molecule has 0 aliphatic rings. The number of hydrogen-bond donors (Lipinski definition) is 5. The highest BCUT2D eigenvalue weighted by atomic mass is 35.5. The summed E-state index contributed by atoms with van der Waals surface area (Å²) >= 11 is 12.2. The normalized spacial score (nSPS) is 11.6. The molecule has 0 heterocycles. The lowest BCUT2D eigenvalue weighted by atomic mass is 9.88. The standard InChI is InChI=1S/C28H32Cl2N6O2/c29-22-14-18(15-23(30)26(22)31)17-35-27(38)24(12-7-13-34-28(32)33)36-25(37)16-21(19-8-3-1-4-9-19)20-10-5-2-6-11-20/h1-6,8-11,14-15,21,24H,7,12-13,16-17,31H2,(H,35,38)(H,36,37)(H4,32,33,34)/t24-/m1/s1. The van der Waals surface area contributed by atoms with Crippen molar-refractivity contribution in [3.63, 3.8) is 0 Å². The SMILES string of the molecule is NC(N)=NCCC[C@@H](NC(=O)CC(c1ccccc1)c1ccccc1)C(=O)NCc1cc(Cl)c(N)c(Cl)c1. The van der Waals surface area contributed by atoms with Crippen LogP contribution in [0.3, 0.4) is 0 Å². The average molecular weight is 556 g/mol. The number of nitrogens with one attached hydrogen (secondary N) is 2. The van der Waals surface area contributed by atoms with Gasteiger partial charge in [0.15, 0.2) is 5.96 Å². The quantitative estimate of drug-likeness (QED) is 0.0993. The van der Waals surface area contributed by atoms with E-state index >= 15 is 0 Å². The van der Waals surface area contributed by atoms with E-state index in [2.05, 4.69) is 15.6 Å². The second-order valence-corrected chi connectivity index (χ2v) is 9.65. The maximum atomic E-state index is 13.2. The number of nitrogen functional groups attached to an aromatic ring is 1. The second-order valence-electron chi connectivity index (χ2n) is 8.84. The van der Waals surface area contributed by atoms with Crippen molar-refractivity contribution in [1.29, 1.82) is 0 Å². The van der Waals surface area contributed by atoms with Crippen molar-refractivity contribution in [3.8, 4) is 0 Å². The summed E-state index contributed by atoms with van der Waals surface area (Å²) in [4.78, 5) is 30.4. The van der Waals surface area contributed by atoms with E-state index in [0.29, 0.717) is 35.0 Å². The van der Waals surface area contributed by atoms with Crippen LogP contribution in [0.4, 0.5) is 5.69 Å². The van der Waals surface area contributed by atoms with Crippen LogP contribution in [-0.2, 0) is 16.1 Å². The Kier molecular flexibility index (Phi) is 10.8. The second kappa shape index (κ2) is 14.3. The number of carbonyl (C=O) groups excluding carboxylic acids is 2. The molecule has 0 saturated heterocycles. The number of carbonyl (C=O) groups is 2. The van der Waals surface area contributed by atoms with Crippen LogP contribution in [0.15, 0.2) is 77.8 Å². The minimum atomic E-state index is -0.788. The summed E-state index contributed by atoms with van der Waals surface area (Å²) in [5, 5.41) is 6.36. The third-order valence-electron chi connectivity index (χ3n) is 6.00. The molecule has 2 amide bonds. The number of hydrogen-bond acceptors (Lipinski definition) is 4. The zero-order valence-corrected chi connectivity index (χ0v) is 22.4. The number of halogens is 2. The molecule has 10 heteroatoms. The van der Waals surface area contributed by atoms with Crippen LogP contribution in [0.2, 0.25) is 10.0 Å². The van der Waals surface area contributed by atoms with Crippen molar-refractivity contribution in [2.45, 2.75) is 37.8 Å². The zero-order chi connectivity index (χ0) is 27.5. The first-order valence-electron chi connectivity index (χ1n) is 12.2. The van der Waals surface area contributed by atoms with Crippen molar-refractivity contribution >= 4 is 46.7 Å². The Morgan fingerprint density at radius 1 is 0.895 bits per heavy atom. The molecular formula is C28H32Cl2N6O2. The van der Waals surface area contributed by atoms with E-state index in [-0.39, 0.29) is 42.3 Å². The molecule has 1 atom stereocenters. The molecule has 0 unspecified atom stereocenters. The van der Waals surface area contributed by atoms with E-state index in [1.165, 1.54) is 0 Å². The van der Waals surface area contributed by atoms with Crippen LogP contribution in [0.25, 0.3) is 0 Å². The molecule has 3 rings (SSSR count). The Morgan fingerprint density at radius 3 is 1.97 bits per heavy atom. The molecule has 0 saturated carbocycles. The van der Waals surface area contributed by atoms with E-state index in [9.17, 15) is 9.59 Å². The molecule has 3 aromatic rings. The number of benzene rings is 3. The summed E-state index contributed by atoms with van der Waals surface area (Å²) < 4.78 is 0. The Labute approximate surface area is 232 Å². The molecule has 3 aromatic carbocycles. The van der Waals surface area contributed by atoms with E-state index < -0.39 is 6.04 Å². The first-order chi connectivity index (χ1) is 18.2. The fourth-order valence-electron chi connectivity index (χ4n) is 4.06. The Balaban J connectivity index is 1.72. The van der Waals surface area contributed by atoms with E-state index in [1.54, 1.807) is 12.1 Å². The van der Waals surface area contributed by atoms with Crippen molar-refractivity contribution in [3.05, 3.63) is 99.5 Å². The lowest BCUT2D eigenvalue weighted by Crippen LogP contribution is -2.47. The summed E-state index contributed by atoms with van der Waals surface area (Å²) in [6.45, 7) is 0.497. The molecule has 0 bridgehead atoms. The minimum Gasteiger partial charge on any atom is -0.396 e. The third-order valence-corrected chi connectivity index (χ3v) is 6.62. The summed E-state index contributed by atoms with van der Waals surface area (Å²) in [6.07, 6.45) is 1.02. The number of amides is 2. The maximum Gasteiger partial charge on any atom is 0.242 e. The first kappa shape index (κ1) is 28.8. The van der Waals surface area contributed by atoms with Gasteiger partial charge in [-0.1, -0.05) is 83.9 Å². The monoisotopic (exact) mass is 554 g/mol. The Hall–Kier alpha value is -3.75. The van der Waals surface area contributed by atoms with Gasteiger partial charge in [-0.15, -0.1) is 0 Å². The van der Waals surface area contributed by atoms with Gasteiger partial charge in [0.25, 0.3) is 0 Å². The van der Waals surface area contributed by atoms with Crippen LogP contribution >= 0.6 is 23.2 Å². The molecule has 0 radical (unpaired) electrons. The largest absolute Gasteiger partial charge is 0.396 e. The number of anilines is 1. The summed E-state index contributed by atoms with van der Waals surface area (Å²) in [5.74, 6) is -0.783. The van der Waals surface area contributed by atoms with E-state index in [0.717, 1.165) is 11.1 Å². The van der Waals surface area contributed by atoms with Gasteiger partial charge < -0.3 is 27.8 Å². The number of guanidine groups is 1. The van der Waals surface area contributed by atoms with Crippen molar-refractivity contribution in [1.82, 2.24) is 10.6 Å². The van der Waals surface area contributed by atoms with Gasteiger partial charge in [0.05, 0.1) is 15.7 Å². The van der Waals surface area contributed by atoms with Crippen LogP contribution < -0.4 is 27.8 Å². The van der Waals surface area contributed by atoms with Gasteiger partial charge in [-0.3, -0.25) is 14.6 Å². The smallest absolute Gasteiger partial charge is 0.242 e. The predicted octanol–water partition coefficient (Wildman–Crippen LogP) is 3.95. The van der Waals surface area contributed by atoms with Gasteiger partial charge in [-0.2, -0.15) is 0 Å². The first-order valence-corrected chi connectivity index (χ1v) is 13.0. The number of rotatable bonds is 12. The summed E-state index contributed by atoms with van der Waals surface area (Å²) in [6, 6.07) is 22.1. The zero-order valence-electron chi connectivity index (χ0n) is 20.9. The summed E-state index contributed by atoms with van der Waals surface area (Å²) in [7, 11) is 0. The number of aliphatic imine (C=N–C) groups is 1. The van der Waals surface area contributed by atoms with Crippen molar-refractivity contribution in [2.24, 2.45) is 16.5 Å². The molecular weight excluding hydrogens is 523 g/mol. The molecule has 0 aliphatic carbocycles. The topological polar surface area (TPSA) is 149 Å². The molecule has 0 aliphatic heterocycles. The van der Waals surface area contributed by atoms with Crippen LogP contribution in [0.1, 0.15) is 41.9 Å². The molecule has 8 N–H and O–H groups in total. The van der Waals surface area contributed by atoms with Crippen LogP contribution in [0, 0.1) is 0 Å². The highest BCUT2D eigenvalue weighted by Gasteiger charge is 2.24. The molecule has 0 fully saturated rings. The summed E-state index contributed by atoms with van der Waals surface area (Å²) in [5.41, 5.74) is 19.6. The number of nitrogens with zero attached hydrogens (tertiary/aromatic N) is 1. The van der Waals surface area contributed by atoms with Crippen molar-refractivity contribution in [2.75, 3.05) is 12.3 Å². The van der Waals surface area contributed by atoms with Gasteiger partial charge in [-0.25, -0.2) is 0 Å². The highest BCUT2D eigenvalue weighted by Crippen LogP contribution is 2.29. The third kappa shape index (κ3) is 8.68. The van der Waals surface area contributed by atoms with Gasteiger partial charge in [0.1, 0.15) is 6.04 Å². The average Bonchev–Trinajstić information content (AvgIpc) is 2.91. The Morgan fingerprint density at radius 2 is 1.45 bits per heavy atom.